The largest absolute Gasteiger partial charge is 0.369 e. The number of primary amides is 1. The van der Waals surface area contributed by atoms with Crippen molar-refractivity contribution in [2.45, 2.75) is 6.42 Å². The third-order valence-electron chi connectivity index (χ3n) is 1.80. The van der Waals surface area contributed by atoms with Gasteiger partial charge in [0.25, 0.3) is 0 Å². The van der Waals surface area contributed by atoms with Gasteiger partial charge in [0.2, 0.25) is 5.91 Å². The molecule has 14 heavy (non-hydrogen) atoms. The smallest absolute Gasteiger partial charge is 0.221 e. The van der Waals surface area contributed by atoms with Crippen LogP contribution in [0.25, 0.3) is 12.2 Å². The van der Waals surface area contributed by atoms with Crippen LogP contribution in [0.1, 0.15) is 17.5 Å². The maximum absolute atomic E-state index is 10.4. The molecule has 0 radical (unpaired) electrons. The summed E-state index contributed by atoms with van der Waals surface area (Å²) < 4.78 is 0. The predicted octanol–water partition coefficient (Wildman–Crippen LogP) is 2.22. The van der Waals surface area contributed by atoms with E-state index < -0.39 is 0 Å². The van der Waals surface area contributed by atoms with Crippen molar-refractivity contribution < 1.29 is 4.79 Å². The summed E-state index contributed by atoms with van der Waals surface area (Å²) in [6, 6.07) is 7.87. The Morgan fingerprint density at radius 3 is 2.36 bits per heavy atom. The quantitative estimate of drug-likeness (QED) is 0.771. The Morgan fingerprint density at radius 2 is 1.86 bits per heavy atom. The van der Waals surface area contributed by atoms with Gasteiger partial charge in [0.15, 0.2) is 0 Å². The molecule has 0 saturated heterocycles. The number of carbonyl (C=O) groups excluding carboxylic acids is 1. The Labute approximate surface area is 83.7 Å². The average Bonchev–Trinajstić information content (AvgIpc) is 2.18. The second kappa shape index (κ2) is 5.02. The van der Waals surface area contributed by atoms with Crippen molar-refractivity contribution in [2.24, 2.45) is 5.73 Å². The third-order valence-corrected chi connectivity index (χ3v) is 1.80. The van der Waals surface area contributed by atoms with Gasteiger partial charge >= 0.3 is 0 Å². The normalized spacial score (nSPS) is 10.3. The molecule has 2 heteroatoms. The van der Waals surface area contributed by atoms with Crippen molar-refractivity contribution in [3.8, 4) is 0 Å². The van der Waals surface area contributed by atoms with Crippen LogP contribution in [0.2, 0.25) is 0 Å². The van der Waals surface area contributed by atoms with E-state index in [-0.39, 0.29) is 12.3 Å². The Morgan fingerprint density at radius 1 is 1.29 bits per heavy atom. The van der Waals surface area contributed by atoms with Crippen LogP contribution in [-0.2, 0) is 4.79 Å². The molecule has 0 aliphatic carbocycles. The summed E-state index contributed by atoms with van der Waals surface area (Å²) in [5.74, 6) is -0.316. The fraction of sp³-hybridized carbons (Fsp3) is 0.0833. The van der Waals surface area contributed by atoms with E-state index >= 15 is 0 Å². The second-order valence-corrected chi connectivity index (χ2v) is 2.94. The molecular weight excluding hydrogens is 174 g/mol. The summed E-state index contributed by atoms with van der Waals surface area (Å²) in [4.78, 5) is 10.4. The molecule has 1 aromatic rings. The van der Waals surface area contributed by atoms with Crippen LogP contribution in [0.15, 0.2) is 36.9 Å². The minimum absolute atomic E-state index is 0.281. The molecule has 0 atom stereocenters. The summed E-state index contributed by atoms with van der Waals surface area (Å²) in [5, 5.41) is 0. The molecule has 0 fully saturated rings. The zero-order valence-electron chi connectivity index (χ0n) is 7.94. The second-order valence-electron chi connectivity index (χ2n) is 2.94. The number of rotatable bonds is 4. The lowest BCUT2D eigenvalue weighted by atomic mass is 10.1. The van der Waals surface area contributed by atoms with Crippen LogP contribution < -0.4 is 5.73 Å². The van der Waals surface area contributed by atoms with Crippen LogP contribution in [0.3, 0.4) is 0 Å². The molecule has 2 N–H and O–H groups in total. The van der Waals surface area contributed by atoms with Gasteiger partial charge in [-0.05, 0) is 11.1 Å². The van der Waals surface area contributed by atoms with Gasteiger partial charge in [-0.25, -0.2) is 0 Å². The summed E-state index contributed by atoms with van der Waals surface area (Å²) in [7, 11) is 0. The van der Waals surface area contributed by atoms with E-state index in [0.717, 1.165) is 11.1 Å². The molecule has 0 heterocycles. The maximum Gasteiger partial charge on any atom is 0.221 e. The Bertz CT molecular complexity index is 349. The van der Waals surface area contributed by atoms with Crippen LogP contribution >= 0.6 is 0 Å². The van der Waals surface area contributed by atoms with Crippen molar-refractivity contribution in [2.75, 3.05) is 0 Å². The Hall–Kier alpha value is -1.83. The van der Waals surface area contributed by atoms with E-state index in [4.69, 9.17) is 5.73 Å². The highest BCUT2D eigenvalue weighted by Crippen LogP contribution is 2.07. The van der Waals surface area contributed by atoms with Gasteiger partial charge < -0.3 is 5.73 Å². The number of carbonyl (C=O) groups is 1. The predicted molar refractivity (Wildman–Crippen MR) is 59.4 cm³/mol. The summed E-state index contributed by atoms with van der Waals surface area (Å²) in [5.41, 5.74) is 7.13. The van der Waals surface area contributed by atoms with Crippen molar-refractivity contribution in [3.05, 3.63) is 48.0 Å². The van der Waals surface area contributed by atoms with Gasteiger partial charge in [-0.15, -0.1) is 0 Å². The van der Waals surface area contributed by atoms with Gasteiger partial charge in [0.05, 0.1) is 0 Å². The first-order chi connectivity index (χ1) is 6.72. The van der Waals surface area contributed by atoms with Crippen molar-refractivity contribution in [1.82, 2.24) is 0 Å². The summed E-state index contributed by atoms with van der Waals surface area (Å²) in [6.45, 7) is 3.67. The molecule has 0 aliphatic rings. The summed E-state index contributed by atoms with van der Waals surface area (Å²) in [6.07, 6.45) is 5.70. The van der Waals surface area contributed by atoms with E-state index in [0.29, 0.717) is 0 Å². The van der Waals surface area contributed by atoms with Gasteiger partial charge in [0.1, 0.15) is 0 Å². The fourth-order valence-electron chi connectivity index (χ4n) is 1.05. The standard InChI is InChI=1S/C12H13NO/c1-2-10-6-8-11(9-7-10)4-3-5-12(13)14/h2-4,6-9H,1,5H2,(H2,13,14). The van der Waals surface area contributed by atoms with Crippen LogP contribution in [-0.4, -0.2) is 5.91 Å². The average molecular weight is 187 g/mol. The fourth-order valence-corrected chi connectivity index (χ4v) is 1.05. The molecular formula is C12H13NO. The lowest BCUT2D eigenvalue weighted by molar-refractivity contribution is -0.117. The SMILES string of the molecule is C=Cc1ccc(C=CCC(N)=O)cc1. The Kier molecular flexibility index (Phi) is 3.68. The van der Waals surface area contributed by atoms with Gasteiger partial charge in [-0.2, -0.15) is 0 Å². The molecule has 1 aromatic carbocycles. The molecule has 72 valence electrons. The lowest BCUT2D eigenvalue weighted by Gasteiger charge is -1.94. The van der Waals surface area contributed by atoms with Gasteiger partial charge in [-0.3, -0.25) is 4.79 Å². The molecule has 1 rings (SSSR count). The first-order valence-electron chi connectivity index (χ1n) is 4.39. The molecule has 0 spiro atoms. The molecule has 0 saturated carbocycles. The van der Waals surface area contributed by atoms with E-state index in [1.54, 1.807) is 12.2 Å². The van der Waals surface area contributed by atoms with Crippen molar-refractivity contribution in [3.63, 3.8) is 0 Å². The number of hydrogen-bond donors (Lipinski definition) is 1. The van der Waals surface area contributed by atoms with Gasteiger partial charge in [-0.1, -0.05) is 49.1 Å². The lowest BCUT2D eigenvalue weighted by Crippen LogP contribution is -2.07. The molecule has 0 aliphatic heterocycles. The minimum atomic E-state index is -0.316. The highest BCUT2D eigenvalue weighted by atomic mass is 16.1. The first-order valence-corrected chi connectivity index (χ1v) is 4.39. The zero-order valence-corrected chi connectivity index (χ0v) is 7.94. The number of hydrogen-bond acceptors (Lipinski definition) is 1. The molecule has 0 bridgehead atoms. The molecule has 1 amide bonds. The van der Waals surface area contributed by atoms with Crippen molar-refractivity contribution in [1.29, 1.82) is 0 Å². The molecule has 0 unspecified atom stereocenters. The third kappa shape index (κ3) is 3.27. The molecule has 2 nitrogen and oxygen atoms in total. The topological polar surface area (TPSA) is 43.1 Å². The summed E-state index contributed by atoms with van der Waals surface area (Å²) >= 11 is 0. The molecule has 0 aromatic heterocycles. The minimum Gasteiger partial charge on any atom is -0.369 e. The van der Waals surface area contributed by atoms with E-state index in [1.807, 2.05) is 30.3 Å². The number of benzene rings is 1. The van der Waals surface area contributed by atoms with Crippen molar-refractivity contribution >= 4 is 18.1 Å². The van der Waals surface area contributed by atoms with E-state index in [1.165, 1.54) is 0 Å². The zero-order chi connectivity index (χ0) is 10.4. The van der Waals surface area contributed by atoms with E-state index in [2.05, 4.69) is 6.58 Å². The van der Waals surface area contributed by atoms with E-state index in [9.17, 15) is 4.79 Å². The van der Waals surface area contributed by atoms with Crippen LogP contribution in [0.4, 0.5) is 0 Å². The number of amides is 1. The highest BCUT2D eigenvalue weighted by molar-refractivity contribution is 5.76. The monoisotopic (exact) mass is 187 g/mol. The maximum atomic E-state index is 10.4. The Balaban J connectivity index is 2.63. The first kappa shape index (κ1) is 10.3. The van der Waals surface area contributed by atoms with Crippen LogP contribution in [0.5, 0.6) is 0 Å². The van der Waals surface area contributed by atoms with Gasteiger partial charge in [0, 0.05) is 6.42 Å². The highest BCUT2D eigenvalue weighted by Gasteiger charge is 1.89. The van der Waals surface area contributed by atoms with Crippen LogP contribution in [0, 0.1) is 0 Å². The number of nitrogens with two attached hydrogens (primary N) is 1.